The smallest absolute Gasteiger partial charge is 0.345 e. The van der Waals surface area contributed by atoms with Gasteiger partial charge in [0.15, 0.2) is 6.61 Å². The van der Waals surface area contributed by atoms with E-state index in [4.69, 9.17) is 27.9 Å². The molecule has 0 fully saturated rings. The maximum absolute atomic E-state index is 12.1. The van der Waals surface area contributed by atoms with Crippen LogP contribution in [0.15, 0.2) is 36.4 Å². The number of rotatable bonds is 6. The van der Waals surface area contributed by atoms with Crippen LogP contribution >= 0.6 is 23.2 Å². The van der Waals surface area contributed by atoms with Crippen molar-refractivity contribution in [3.8, 4) is 0 Å². The number of hydrogen-bond acceptors (Lipinski definition) is 5. The second-order valence-electron chi connectivity index (χ2n) is 5.76. The lowest BCUT2D eigenvalue weighted by atomic mass is 10.1. The van der Waals surface area contributed by atoms with Gasteiger partial charge < -0.3 is 10.1 Å². The number of halogens is 2. The van der Waals surface area contributed by atoms with Crippen LogP contribution in [0, 0.1) is 17.0 Å². The predicted molar refractivity (Wildman–Crippen MR) is 101 cm³/mol. The second kappa shape index (κ2) is 8.83. The van der Waals surface area contributed by atoms with Crippen molar-refractivity contribution >= 4 is 40.8 Å². The summed E-state index contributed by atoms with van der Waals surface area (Å²) in [6, 6.07) is 8.72. The number of carbonyl (C=O) groups is 2. The maximum atomic E-state index is 12.1. The van der Waals surface area contributed by atoms with Crippen LogP contribution in [0.1, 0.15) is 34.5 Å². The number of esters is 1. The van der Waals surface area contributed by atoms with Crippen molar-refractivity contribution in [2.45, 2.75) is 19.9 Å². The Morgan fingerprint density at radius 3 is 2.59 bits per heavy atom. The van der Waals surface area contributed by atoms with Crippen LogP contribution in [0.25, 0.3) is 0 Å². The van der Waals surface area contributed by atoms with Crippen LogP contribution < -0.4 is 5.32 Å². The van der Waals surface area contributed by atoms with Gasteiger partial charge in [-0.2, -0.15) is 0 Å². The SMILES string of the molecule is Cc1cccc(C(=O)OCC(=O)NC(C)c2ccc(Cl)cc2Cl)c1[N+](=O)[O-]. The van der Waals surface area contributed by atoms with Gasteiger partial charge >= 0.3 is 5.97 Å². The van der Waals surface area contributed by atoms with E-state index in [9.17, 15) is 19.7 Å². The van der Waals surface area contributed by atoms with Gasteiger partial charge in [-0.15, -0.1) is 0 Å². The lowest BCUT2D eigenvalue weighted by Gasteiger charge is -2.16. The zero-order valence-electron chi connectivity index (χ0n) is 14.5. The summed E-state index contributed by atoms with van der Waals surface area (Å²) in [6.07, 6.45) is 0. The highest BCUT2D eigenvalue weighted by atomic mass is 35.5. The van der Waals surface area contributed by atoms with Crippen LogP contribution in [-0.4, -0.2) is 23.4 Å². The first-order valence-corrected chi connectivity index (χ1v) is 8.61. The monoisotopic (exact) mass is 410 g/mol. The van der Waals surface area contributed by atoms with Crippen molar-refractivity contribution in [1.82, 2.24) is 5.32 Å². The van der Waals surface area contributed by atoms with E-state index in [0.717, 1.165) is 0 Å². The molecule has 2 rings (SSSR count). The van der Waals surface area contributed by atoms with E-state index in [1.807, 2.05) is 0 Å². The van der Waals surface area contributed by atoms with Gasteiger partial charge in [-0.05, 0) is 37.6 Å². The number of amides is 1. The summed E-state index contributed by atoms with van der Waals surface area (Å²) < 4.78 is 4.91. The van der Waals surface area contributed by atoms with Crippen LogP contribution in [0.4, 0.5) is 5.69 Å². The molecule has 0 saturated heterocycles. The average Bonchev–Trinajstić information content (AvgIpc) is 2.58. The molecule has 0 aliphatic rings. The molecule has 0 heterocycles. The standard InChI is InChI=1S/C18H16Cl2N2O5/c1-10-4-3-5-14(17(10)22(25)26)18(24)27-9-16(23)21-11(2)13-7-6-12(19)8-15(13)20/h3-8,11H,9H2,1-2H3,(H,21,23). The number of carbonyl (C=O) groups excluding carboxylic acids is 2. The second-order valence-corrected chi connectivity index (χ2v) is 6.60. The molecule has 0 aliphatic carbocycles. The normalized spacial score (nSPS) is 11.6. The molecule has 1 atom stereocenters. The van der Waals surface area contributed by atoms with Crippen molar-refractivity contribution in [2.75, 3.05) is 6.61 Å². The topological polar surface area (TPSA) is 98.5 Å². The molecule has 142 valence electrons. The molecule has 1 unspecified atom stereocenters. The van der Waals surface area contributed by atoms with Gasteiger partial charge in [-0.25, -0.2) is 4.79 Å². The van der Waals surface area contributed by atoms with Crippen molar-refractivity contribution in [2.24, 2.45) is 0 Å². The third-order valence-electron chi connectivity index (χ3n) is 3.78. The Kier molecular flexibility index (Phi) is 6.76. The molecule has 1 amide bonds. The number of nitrogens with one attached hydrogen (secondary N) is 1. The van der Waals surface area contributed by atoms with E-state index in [-0.39, 0.29) is 11.3 Å². The molecule has 9 heteroatoms. The van der Waals surface area contributed by atoms with Crippen LogP contribution in [0.2, 0.25) is 10.0 Å². The largest absolute Gasteiger partial charge is 0.452 e. The van der Waals surface area contributed by atoms with Crippen molar-refractivity contribution < 1.29 is 19.2 Å². The lowest BCUT2D eigenvalue weighted by Crippen LogP contribution is -2.31. The quantitative estimate of drug-likeness (QED) is 0.436. The van der Waals surface area contributed by atoms with E-state index in [2.05, 4.69) is 5.32 Å². The van der Waals surface area contributed by atoms with Crippen LogP contribution in [0.3, 0.4) is 0 Å². The fourth-order valence-electron chi connectivity index (χ4n) is 2.49. The summed E-state index contributed by atoms with van der Waals surface area (Å²) in [5.41, 5.74) is 0.422. The average molecular weight is 411 g/mol. The molecule has 1 N–H and O–H groups in total. The van der Waals surface area contributed by atoms with E-state index in [1.54, 1.807) is 25.1 Å². The first-order chi connectivity index (χ1) is 12.7. The number of hydrogen-bond donors (Lipinski definition) is 1. The summed E-state index contributed by atoms with van der Waals surface area (Å²) >= 11 is 11.9. The van der Waals surface area contributed by atoms with Gasteiger partial charge in [0.1, 0.15) is 5.56 Å². The molecule has 2 aromatic rings. The molecule has 0 aromatic heterocycles. The number of nitro benzene ring substituents is 1. The number of para-hydroxylation sites is 1. The van der Waals surface area contributed by atoms with Crippen molar-refractivity contribution in [1.29, 1.82) is 0 Å². The van der Waals surface area contributed by atoms with E-state index in [1.165, 1.54) is 25.1 Å². The van der Waals surface area contributed by atoms with Crippen LogP contribution in [0.5, 0.6) is 0 Å². The Balaban J connectivity index is 2.00. The minimum absolute atomic E-state index is 0.207. The molecular formula is C18H16Cl2N2O5. The van der Waals surface area contributed by atoms with Gasteiger partial charge in [0.25, 0.3) is 11.6 Å². The zero-order chi connectivity index (χ0) is 20.1. The molecular weight excluding hydrogens is 395 g/mol. The van der Waals surface area contributed by atoms with Crippen LogP contribution in [-0.2, 0) is 9.53 Å². The number of benzene rings is 2. The summed E-state index contributed by atoms with van der Waals surface area (Å²) in [5, 5.41) is 14.6. The molecule has 0 radical (unpaired) electrons. The number of ether oxygens (including phenoxy) is 1. The molecule has 27 heavy (non-hydrogen) atoms. The third-order valence-corrected chi connectivity index (χ3v) is 4.34. The van der Waals surface area contributed by atoms with Gasteiger partial charge in [0.05, 0.1) is 11.0 Å². The van der Waals surface area contributed by atoms with Crippen molar-refractivity contribution in [3.05, 3.63) is 73.2 Å². The number of aryl methyl sites for hydroxylation is 1. The highest BCUT2D eigenvalue weighted by molar-refractivity contribution is 6.35. The van der Waals surface area contributed by atoms with E-state index in [0.29, 0.717) is 21.2 Å². The molecule has 0 aliphatic heterocycles. The first kappa shape index (κ1) is 20.7. The minimum atomic E-state index is -0.947. The number of nitro groups is 1. The Hall–Kier alpha value is -2.64. The van der Waals surface area contributed by atoms with Gasteiger partial charge in [0, 0.05) is 15.6 Å². The van der Waals surface area contributed by atoms with E-state index >= 15 is 0 Å². The summed E-state index contributed by atoms with van der Waals surface area (Å²) in [6.45, 7) is 2.64. The number of nitrogens with zero attached hydrogens (tertiary/aromatic N) is 1. The maximum Gasteiger partial charge on any atom is 0.345 e. The Bertz CT molecular complexity index is 901. The van der Waals surface area contributed by atoms with Gasteiger partial charge in [-0.3, -0.25) is 14.9 Å². The summed E-state index contributed by atoms with van der Waals surface area (Å²) in [7, 11) is 0. The molecule has 7 nitrogen and oxygen atoms in total. The predicted octanol–water partition coefficient (Wildman–Crippen LogP) is 4.24. The highest BCUT2D eigenvalue weighted by Gasteiger charge is 2.24. The molecule has 0 bridgehead atoms. The van der Waals surface area contributed by atoms with Gasteiger partial charge in [0.2, 0.25) is 0 Å². The fourth-order valence-corrected chi connectivity index (χ4v) is 3.06. The summed E-state index contributed by atoms with van der Waals surface area (Å²) in [5.74, 6) is -1.52. The zero-order valence-corrected chi connectivity index (χ0v) is 16.0. The summed E-state index contributed by atoms with van der Waals surface area (Å²) in [4.78, 5) is 34.7. The Labute approximate surface area is 165 Å². The Morgan fingerprint density at radius 2 is 1.96 bits per heavy atom. The van der Waals surface area contributed by atoms with Gasteiger partial charge in [-0.1, -0.05) is 41.4 Å². The fraction of sp³-hybridized carbons (Fsp3) is 0.222. The lowest BCUT2D eigenvalue weighted by molar-refractivity contribution is -0.385. The third kappa shape index (κ3) is 5.18. The minimum Gasteiger partial charge on any atom is -0.452 e. The Morgan fingerprint density at radius 1 is 1.26 bits per heavy atom. The molecule has 0 spiro atoms. The first-order valence-electron chi connectivity index (χ1n) is 7.86. The molecule has 0 saturated carbocycles. The van der Waals surface area contributed by atoms with Crippen molar-refractivity contribution in [3.63, 3.8) is 0 Å². The van der Waals surface area contributed by atoms with E-state index < -0.39 is 29.4 Å². The highest BCUT2D eigenvalue weighted by Crippen LogP contribution is 2.26. The molecule has 2 aromatic carbocycles.